The van der Waals surface area contributed by atoms with Crippen LogP contribution < -0.4 is 0 Å². The van der Waals surface area contributed by atoms with Gasteiger partial charge < -0.3 is 4.74 Å². The molecule has 1 rings (SSSR count). The molecule has 1 aliphatic carbocycles. The molecule has 0 saturated heterocycles. The minimum absolute atomic E-state index is 0.0194. The molecule has 0 saturated carbocycles. The molecule has 0 radical (unpaired) electrons. The summed E-state index contributed by atoms with van der Waals surface area (Å²) in [6.07, 6.45) is 3.36. The molecule has 0 bridgehead atoms. The zero-order chi connectivity index (χ0) is 11.6. The number of allylic oxidation sites excluding steroid dienone is 2. The van der Waals surface area contributed by atoms with Crippen LogP contribution in [0.1, 0.15) is 27.7 Å². The molecule has 3 heteroatoms. The second-order valence-corrected chi connectivity index (χ2v) is 4.29. The van der Waals surface area contributed by atoms with Gasteiger partial charge >= 0.3 is 5.97 Å². The average Bonchev–Trinajstić information content (AvgIpc) is 2.21. The lowest BCUT2D eigenvalue weighted by Gasteiger charge is -2.36. The third-order valence-electron chi connectivity index (χ3n) is 3.46. The SMILES string of the molecule is CCOC(=O)[C@@]1(C)C(=O)C=C[C@@H](C)[C@H]1C. The van der Waals surface area contributed by atoms with Crippen molar-refractivity contribution in [3.8, 4) is 0 Å². The van der Waals surface area contributed by atoms with Gasteiger partial charge in [0.1, 0.15) is 5.41 Å². The van der Waals surface area contributed by atoms with Crippen molar-refractivity contribution in [2.75, 3.05) is 6.61 Å². The van der Waals surface area contributed by atoms with E-state index in [0.717, 1.165) is 0 Å². The zero-order valence-corrected chi connectivity index (χ0v) is 9.74. The van der Waals surface area contributed by atoms with Gasteiger partial charge in [0, 0.05) is 0 Å². The van der Waals surface area contributed by atoms with Crippen molar-refractivity contribution >= 4 is 11.8 Å². The first kappa shape index (κ1) is 12.0. The highest BCUT2D eigenvalue weighted by molar-refractivity contribution is 6.09. The van der Waals surface area contributed by atoms with Gasteiger partial charge in [-0.05, 0) is 31.8 Å². The van der Waals surface area contributed by atoms with Crippen LogP contribution in [0.3, 0.4) is 0 Å². The number of carbonyl (C=O) groups excluding carboxylic acids is 2. The molecule has 0 N–H and O–H groups in total. The zero-order valence-electron chi connectivity index (χ0n) is 9.74. The van der Waals surface area contributed by atoms with Gasteiger partial charge in [0.2, 0.25) is 0 Å². The van der Waals surface area contributed by atoms with E-state index < -0.39 is 11.4 Å². The summed E-state index contributed by atoms with van der Waals surface area (Å²) in [5, 5.41) is 0. The van der Waals surface area contributed by atoms with Crippen LogP contribution in [0.25, 0.3) is 0 Å². The Morgan fingerprint density at radius 3 is 2.67 bits per heavy atom. The van der Waals surface area contributed by atoms with Crippen molar-refractivity contribution in [3.63, 3.8) is 0 Å². The maximum absolute atomic E-state index is 11.8. The van der Waals surface area contributed by atoms with E-state index >= 15 is 0 Å². The van der Waals surface area contributed by atoms with Crippen LogP contribution in [0.5, 0.6) is 0 Å². The Labute approximate surface area is 90.5 Å². The molecule has 3 nitrogen and oxygen atoms in total. The van der Waals surface area contributed by atoms with Crippen molar-refractivity contribution in [1.82, 2.24) is 0 Å². The number of ether oxygens (including phenoxy) is 1. The molecule has 3 atom stereocenters. The molecule has 0 aromatic heterocycles. The van der Waals surface area contributed by atoms with E-state index in [9.17, 15) is 9.59 Å². The first-order valence-electron chi connectivity index (χ1n) is 5.34. The molecule has 15 heavy (non-hydrogen) atoms. The molecule has 0 aliphatic heterocycles. The maximum atomic E-state index is 11.8. The van der Waals surface area contributed by atoms with Crippen molar-refractivity contribution in [2.24, 2.45) is 17.3 Å². The minimum Gasteiger partial charge on any atom is -0.465 e. The normalized spacial score (nSPS) is 35.3. The fraction of sp³-hybridized carbons (Fsp3) is 0.667. The highest BCUT2D eigenvalue weighted by Crippen LogP contribution is 2.39. The van der Waals surface area contributed by atoms with Gasteiger partial charge in [-0.15, -0.1) is 0 Å². The summed E-state index contributed by atoms with van der Waals surface area (Å²) in [5.74, 6) is -0.351. The lowest BCUT2D eigenvalue weighted by atomic mass is 9.66. The maximum Gasteiger partial charge on any atom is 0.319 e. The lowest BCUT2D eigenvalue weighted by molar-refractivity contribution is -0.162. The van der Waals surface area contributed by atoms with Crippen LogP contribution in [-0.2, 0) is 14.3 Å². The molecule has 0 heterocycles. The molecular weight excluding hydrogens is 192 g/mol. The van der Waals surface area contributed by atoms with E-state index in [-0.39, 0.29) is 17.6 Å². The standard InChI is InChI=1S/C12H18O3/c1-5-15-11(14)12(4)9(3)8(2)6-7-10(12)13/h6-9H,5H2,1-4H3/t8-,9-,12-/m1/s1. The molecule has 0 amide bonds. The molecular formula is C12H18O3. The van der Waals surface area contributed by atoms with E-state index in [4.69, 9.17) is 4.74 Å². The van der Waals surface area contributed by atoms with Crippen LogP contribution in [0.15, 0.2) is 12.2 Å². The van der Waals surface area contributed by atoms with Crippen LogP contribution in [0.2, 0.25) is 0 Å². The Balaban J connectivity index is 3.03. The smallest absolute Gasteiger partial charge is 0.319 e. The number of rotatable bonds is 2. The Kier molecular flexibility index (Phi) is 3.32. The van der Waals surface area contributed by atoms with Gasteiger partial charge in [-0.3, -0.25) is 9.59 Å². The number of hydrogen-bond acceptors (Lipinski definition) is 3. The van der Waals surface area contributed by atoms with Gasteiger partial charge in [0.25, 0.3) is 0 Å². The van der Waals surface area contributed by atoms with Crippen molar-refractivity contribution in [3.05, 3.63) is 12.2 Å². The Morgan fingerprint density at radius 2 is 2.13 bits per heavy atom. The predicted molar refractivity (Wildman–Crippen MR) is 57.2 cm³/mol. The summed E-state index contributed by atoms with van der Waals surface area (Å²) >= 11 is 0. The highest BCUT2D eigenvalue weighted by atomic mass is 16.5. The van der Waals surface area contributed by atoms with Gasteiger partial charge in [-0.2, -0.15) is 0 Å². The quantitative estimate of drug-likeness (QED) is 0.517. The fourth-order valence-corrected chi connectivity index (χ4v) is 1.90. The van der Waals surface area contributed by atoms with Crippen molar-refractivity contribution < 1.29 is 14.3 Å². The Morgan fingerprint density at radius 1 is 1.53 bits per heavy atom. The molecule has 0 fully saturated rings. The average molecular weight is 210 g/mol. The third kappa shape index (κ3) is 1.83. The van der Waals surface area contributed by atoms with E-state index in [1.165, 1.54) is 6.08 Å². The highest BCUT2D eigenvalue weighted by Gasteiger charge is 2.49. The molecule has 84 valence electrons. The Bertz CT molecular complexity index is 306. The van der Waals surface area contributed by atoms with E-state index in [1.54, 1.807) is 13.8 Å². The monoisotopic (exact) mass is 210 g/mol. The number of carbonyl (C=O) groups is 2. The topological polar surface area (TPSA) is 43.4 Å². The first-order valence-corrected chi connectivity index (χ1v) is 5.34. The lowest BCUT2D eigenvalue weighted by Crippen LogP contribution is -2.46. The number of esters is 1. The molecule has 1 aliphatic rings. The van der Waals surface area contributed by atoms with Crippen LogP contribution in [0.4, 0.5) is 0 Å². The molecule has 0 spiro atoms. The Hall–Kier alpha value is -1.12. The van der Waals surface area contributed by atoms with E-state index in [0.29, 0.717) is 6.61 Å². The van der Waals surface area contributed by atoms with Crippen LogP contribution >= 0.6 is 0 Å². The molecule has 0 unspecified atom stereocenters. The largest absolute Gasteiger partial charge is 0.465 e. The summed E-state index contributed by atoms with van der Waals surface area (Å²) in [6.45, 7) is 7.66. The summed E-state index contributed by atoms with van der Waals surface area (Å²) < 4.78 is 4.98. The fourth-order valence-electron chi connectivity index (χ4n) is 1.90. The van der Waals surface area contributed by atoms with Crippen LogP contribution in [-0.4, -0.2) is 18.4 Å². The van der Waals surface area contributed by atoms with Crippen LogP contribution in [0, 0.1) is 17.3 Å². The van der Waals surface area contributed by atoms with Crippen molar-refractivity contribution in [2.45, 2.75) is 27.7 Å². The summed E-state index contributed by atoms with van der Waals surface area (Å²) in [6, 6.07) is 0. The number of ketones is 1. The third-order valence-corrected chi connectivity index (χ3v) is 3.46. The van der Waals surface area contributed by atoms with Crippen molar-refractivity contribution in [1.29, 1.82) is 0 Å². The molecule has 0 aromatic carbocycles. The summed E-state index contributed by atoms with van der Waals surface area (Å²) in [5.41, 5.74) is -1.01. The second-order valence-electron chi connectivity index (χ2n) is 4.29. The van der Waals surface area contributed by atoms with Gasteiger partial charge in [-0.25, -0.2) is 0 Å². The minimum atomic E-state index is -1.01. The predicted octanol–water partition coefficient (Wildman–Crippen LogP) is 1.97. The second kappa shape index (κ2) is 4.17. The number of hydrogen-bond donors (Lipinski definition) is 0. The summed E-state index contributed by atoms with van der Waals surface area (Å²) in [4.78, 5) is 23.6. The van der Waals surface area contributed by atoms with Gasteiger partial charge in [-0.1, -0.05) is 19.9 Å². The molecule has 0 aromatic rings. The van der Waals surface area contributed by atoms with Gasteiger partial charge in [0.15, 0.2) is 5.78 Å². The summed E-state index contributed by atoms with van der Waals surface area (Å²) in [7, 11) is 0. The van der Waals surface area contributed by atoms with E-state index in [1.807, 2.05) is 19.9 Å². The first-order chi connectivity index (χ1) is 6.94. The van der Waals surface area contributed by atoms with E-state index in [2.05, 4.69) is 0 Å². The van der Waals surface area contributed by atoms with Gasteiger partial charge in [0.05, 0.1) is 6.61 Å².